The maximum Gasteiger partial charge on any atom is 0.389 e. The first kappa shape index (κ1) is 10.6. The third kappa shape index (κ3) is 3.52. The summed E-state index contributed by atoms with van der Waals surface area (Å²) in [5, 5.41) is 8.38. The lowest BCUT2D eigenvalue weighted by atomic mass is 10.2. The minimum Gasteiger partial charge on any atom is -0.451 e. The molecule has 76 valence electrons. The van der Waals surface area contributed by atoms with Crippen molar-refractivity contribution in [1.82, 2.24) is 0 Å². The summed E-state index contributed by atoms with van der Waals surface area (Å²) in [5.41, 5.74) is 0. The van der Waals surface area contributed by atoms with E-state index in [1.165, 1.54) is 12.1 Å². The molecule has 1 heterocycles. The molecule has 1 rings (SSSR count). The third-order valence-corrected chi connectivity index (χ3v) is 1.66. The van der Waals surface area contributed by atoms with Gasteiger partial charge >= 0.3 is 6.18 Å². The van der Waals surface area contributed by atoms with Gasteiger partial charge in [-0.05, 0) is 18.6 Å². The predicted octanol–water partition coefficient (Wildman–Crippen LogP) is 3.04. The van der Waals surface area contributed by atoms with Gasteiger partial charge in [0.2, 0.25) is 5.76 Å². The second kappa shape index (κ2) is 4.18. The van der Waals surface area contributed by atoms with Crippen molar-refractivity contribution in [3.8, 4) is 6.07 Å². The van der Waals surface area contributed by atoms with Gasteiger partial charge in [-0.1, -0.05) is 0 Å². The Morgan fingerprint density at radius 2 is 2.07 bits per heavy atom. The summed E-state index contributed by atoms with van der Waals surface area (Å²) in [4.78, 5) is 0. The Hall–Kier alpha value is -1.44. The van der Waals surface area contributed by atoms with Gasteiger partial charge in [-0.25, -0.2) is 0 Å². The van der Waals surface area contributed by atoms with Gasteiger partial charge in [-0.3, -0.25) is 0 Å². The van der Waals surface area contributed by atoms with Crippen LogP contribution in [-0.4, -0.2) is 6.18 Å². The molecular weight excluding hydrogens is 195 g/mol. The number of nitrogens with zero attached hydrogens (tertiary/aromatic N) is 1. The number of aryl methyl sites for hydroxylation is 1. The fraction of sp³-hybridized carbons (Fsp3) is 0.444. The van der Waals surface area contributed by atoms with Crippen LogP contribution in [0.1, 0.15) is 24.4 Å². The highest BCUT2D eigenvalue weighted by molar-refractivity contribution is 5.19. The van der Waals surface area contributed by atoms with Gasteiger partial charge in [0.1, 0.15) is 11.8 Å². The fourth-order valence-corrected chi connectivity index (χ4v) is 1.04. The molecule has 0 aromatic carbocycles. The highest BCUT2D eigenvalue weighted by Crippen LogP contribution is 2.22. The van der Waals surface area contributed by atoms with E-state index in [4.69, 9.17) is 9.68 Å². The Morgan fingerprint density at radius 1 is 1.36 bits per heavy atom. The molecule has 0 bridgehead atoms. The van der Waals surface area contributed by atoms with E-state index in [1.807, 2.05) is 0 Å². The van der Waals surface area contributed by atoms with E-state index in [-0.39, 0.29) is 18.6 Å². The van der Waals surface area contributed by atoms with Gasteiger partial charge in [0, 0.05) is 12.8 Å². The monoisotopic (exact) mass is 203 g/mol. The Balaban J connectivity index is 2.36. The number of furan rings is 1. The smallest absolute Gasteiger partial charge is 0.389 e. The average molecular weight is 203 g/mol. The Kier molecular flexibility index (Phi) is 3.18. The van der Waals surface area contributed by atoms with Crippen LogP contribution in [-0.2, 0) is 6.42 Å². The average Bonchev–Trinajstić information content (AvgIpc) is 2.50. The van der Waals surface area contributed by atoms with E-state index in [1.54, 1.807) is 6.07 Å². The Morgan fingerprint density at radius 3 is 2.57 bits per heavy atom. The Bertz CT molecular complexity index is 335. The molecule has 5 heteroatoms. The summed E-state index contributed by atoms with van der Waals surface area (Å²) in [6.07, 6.45) is -4.75. The van der Waals surface area contributed by atoms with Crippen LogP contribution in [0.2, 0.25) is 0 Å². The molecule has 0 aliphatic heterocycles. The minimum atomic E-state index is -4.12. The molecule has 0 saturated carbocycles. The van der Waals surface area contributed by atoms with Gasteiger partial charge in [0.05, 0.1) is 0 Å². The summed E-state index contributed by atoms with van der Waals surface area (Å²) >= 11 is 0. The number of nitriles is 1. The topological polar surface area (TPSA) is 36.9 Å². The van der Waals surface area contributed by atoms with Crippen LogP contribution in [0.15, 0.2) is 16.5 Å². The zero-order valence-electron chi connectivity index (χ0n) is 7.27. The maximum absolute atomic E-state index is 11.7. The molecule has 0 N–H and O–H groups in total. The van der Waals surface area contributed by atoms with E-state index in [0.717, 1.165) is 0 Å². The molecule has 0 unspecified atom stereocenters. The fourth-order valence-electron chi connectivity index (χ4n) is 1.04. The first-order valence-corrected chi connectivity index (χ1v) is 4.07. The SMILES string of the molecule is N#Cc1ccc(CCCC(F)(F)F)o1. The van der Waals surface area contributed by atoms with Crippen LogP contribution in [0, 0.1) is 11.3 Å². The lowest BCUT2D eigenvalue weighted by Gasteiger charge is -2.03. The summed E-state index contributed by atoms with van der Waals surface area (Å²) in [6, 6.07) is 4.74. The second-order valence-electron chi connectivity index (χ2n) is 2.85. The quantitative estimate of drug-likeness (QED) is 0.757. The lowest BCUT2D eigenvalue weighted by molar-refractivity contribution is -0.135. The van der Waals surface area contributed by atoms with Crippen LogP contribution >= 0.6 is 0 Å². The van der Waals surface area contributed by atoms with E-state index >= 15 is 0 Å². The zero-order chi connectivity index (χ0) is 10.6. The standard InChI is InChI=1S/C9H8F3NO/c10-9(11,12)5-1-2-7-3-4-8(6-13)14-7/h3-4H,1-2,5H2. The third-order valence-electron chi connectivity index (χ3n) is 1.66. The van der Waals surface area contributed by atoms with Crippen molar-refractivity contribution in [2.75, 3.05) is 0 Å². The van der Waals surface area contributed by atoms with Crippen LogP contribution in [0.5, 0.6) is 0 Å². The maximum atomic E-state index is 11.7. The van der Waals surface area contributed by atoms with Gasteiger partial charge in [-0.2, -0.15) is 18.4 Å². The molecule has 0 aliphatic carbocycles. The second-order valence-corrected chi connectivity index (χ2v) is 2.85. The molecule has 14 heavy (non-hydrogen) atoms. The molecule has 1 aromatic rings. The van der Waals surface area contributed by atoms with Crippen molar-refractivity contribution in [3.63, 3.8) is 0 Å². The summed E-state index contributed by atoms with van der Waals surface area (Å²) in [6.45, 7) is 0. The molecule has 2 nitrogen and oxygen atoms in total. The predicted molar refractivity (Wildman–Crippen MR) is 42.4 cm³/mol. The molecular formula is C9H8F3NO. The first-order valence-electron chi connectivity index (χ1n) is 4.07. The van der Waals surface area contributed by atoms with Crippen molar-refractivity contribution in [2.24, 2.45) is 0 Å². The summed E-state index contributed by atoms with van der Waals surface area (Å²) in [7, 11) is 0. The van der Waals surface area contributed by atoms with Crippen molar-refractivity contribution in [2.45, 2.75) is 25.4 Å². The van der Waals surface area contributed by atoms with Crippen LogP contribution in [0.3, 0.4) is 0 Å². The van der Waals surface area contributed by atoms with Gasteiger partial charge in [0.15, 0.2) is 0 Å². The van der Waals surface area contributed by atoms with Crippen LogP contribution < -0.4 is 0 Å². The molecule has 1 aromatic heterocycles. The van der Waals surface area contributed by atoms with Crippen molar-refractivity contribution in [3.05, 3.63) is 23.7 Å². The molecule has 0 fully saturated rings. The van der Waals surface area contributed by atoms with Gasteiger partial charge in [0.25, 0.3) is 0 Å². The molecule has 0 atom stereocenters. The van der Waals surface area contributed by atoms with Crippen molar-refractivity contribution >= 4 is 0 Å². The van der Waals surface area contributed by atoms with E-state index in [0.29, 0.717) is 5.76 Å². The minimum absolute atomic E-state index is 0.0120. The zero-order valence-corrected chi connectivity index (χ0v) is 7.27. The molecule has 0 radical (unpaired) electrons. The lowest BCUT2D eigenvalue weighted by Crippen LogP contribution is -2.06. The highest BCUT2D eigenvalue weighted by Gasteiger charge is 2.26. The molecule has 0 aliphatic rings. The number of alkyl halides is 3. The van der Waals surface area contributed by atoms with Crippen molar-refractivity contribution in [1.29, 1.82) is 5.26 Å². The highest BCUT2D eigenvalue weighted by atomic mass is 19.4. The first-order chi connectivity index (χ1) is 6.51. The van der Waals surface area contributed by atoms with E-state index < -0.39 is 12.6 Å². The van der Waals surface area contributed by atoms with Crippen LogP contribution in [0.4, 0.5) is 13.2 Å². The van der Waals surface area contributed by atoms with Gasteiger partial charge < -0.3 is 4.42 Å². The van der Waals surface area contributed by atoms with Crippen LogP contribution in [0.25, 0.3) is 0 Å². The van der Waals surface area contributed by atoms with Crippen molar-refractivity contribution < 1.29 is 17.6 Å². The number of hydrogen-bond donors (Lipinski definition) is 0. The number of rotatable bonds is 3. The van der Waals surface area contributed by atoms with E-state index in [2.05, 4.69) is 0 Å². The number of hydrogen-bond acceptors (Lipinski definition) is 2. The molecule has 0 spiro atoms. The largest absolute Gasteiger partial charge is 0.451 e. The summed E-state index contributed by atoms with van der Waals surface area (Å²) < 4.78 is 40.2. The molecule has 0 amide bonds. The Labute approximate surface area is 78.9 Å². The summed E-state index contributed by atoms with van der Waals surface area (Å²) in [5.74, 6) is 0.554. The normalized spacial score (nSPS) is 11.3. The van der Waals surface area contributed by atoms with E-state index in [9.17, 15) is 13.2 Å². The molecule has 0 saturated heterocycles. The number of halogens is 3. The van der Waals surface area contributed by atoms with Gasteiger partial charge in [-0.15, -0.1) is 0 Å².